The third kappa shape index (κ3) is 4.18. The van der Waals surface area contributed by atoms with Gasteiger partial charge in [0.15, 0.2) is 0 Å². The molecule has 110 valence electrons. The average Bonchev–Trinajstić information content (AvgIpc) is 2.23. The van der Waals surface area contributed by atoms with Crippen LogP contribution in [0.1, 0.15) is 27.2 Å². The van der Waals surface area contributed by atoms with E-state index in [1.165, 1.54) is 0 Å². The standard InChI is InChI=1S/C14H19BrN2O3/c1-14(2,3)20-13(18)12(17-5-4-6-17)19-11-7-10(15)8-16-9-11/h7-9,12H,4-6H2,1-3H3. The maximum absolute atomic E-state index is 12.3. The van der Waals surface area contributed by atoms with Gasteiger partial charge in [0.1, 0.15) is 11.4 Å². The van der Waals surface area contributed by atoms with Crippen LogP contribution in [0.25, 0.3) is 0 Å². The molecule has 0 radical (unpaired) electrons. The van der Waals surface area contributed by atoms with Gasteiger partial charge in [-0.25, -0.2) is 4.79 Å². The summed E-state index contributed by atoms with van der Waals surface area (Å²) in [5.74, 6) is 0.180. The number of aromatic nitrogens is 1. The van der Waals surface area contributed by atoms with Crippen molar-refractivity contribution in [3.63, 3.8) is 0 Å². The van der Waals surface area contributed by atoms with Gasteiger partial charge in [0, 0.05) is 23.8 Å². The summed E-state index contributed by atoms with van der Waals surface area (Å²) in [6.07, 6.45) is 3.61. The fraction of sp³-hybridized carbons (Fsp3) is 0.571. The van der Waals surface area contributed by atoms with Crippen LogP contribution in [0.3, 0.4) is 0 Å². The van der Waals surface area contributed by atoms with Crippen molar-refractivity contribution in [3.05, 3.63) is 22.9 Å². The highest BCUT2D eigenvalue weighted by atomic mass is 79.9. The average molecular weight is 343 g/mol. The lowest BCUT2D eigenvalue weighted by molar-refractivity contribution is -0.176. The first-order valence-corrected chi connectivity index (χ1v) is 7.38. The van der Waals surface area contributed by atoms with Gasteiger partial charge in [-0.2, -0.15) is 0 Å². The summed E-state index contributed by atoms with van der Waals surface area (Å²) in [5, 5.41) is 0. The Labute approximate surface area is 127 Å². The van der Waals surface area contributed by atoms with Crippen molar-refractivity contribution in [2.24, 2.45) is 0 Å². The van der Waals surface area contributed by atoms with E-state index in [2.05, 4.69) is 20.9 Å². The molecule has 0 N–H and O–H groups in total. The number of likely N-dealkylation sites (tertiary alicyclic amines) is 1. The third-order valence-corrected chi connectivity index (χ3v) is 3.19. The second-order valence-electron chi connectivity index (χ2n) is 5.73. The Balaban J connectivity index is 2.09. The summed E-state index contributed by atoms with van der Waals surface area (Å²) in [4.78, 5) is 18.2. The van der Waals surface area contributed by atoms with Crippen LogP contribution in [0, 0.1) is 0 Å². The van der Waals surface area contributed by atoms with Gasteiger partial charge in [0.2, 0.25) is 0 Å². The van der Waals surface area contributed by atoms with E-state index >= 15 is 0 Å². The number of nitrogens with zero attached hydrogens (tertiary/aromatic N) is 2. The van der Waals surface area contributed by atoms with Gasteiger partial charge in [-0.15, -0.1) is 0 Å². The number of carbonyl (C=O) groups is 1. The van der Waals surface area contributed by atoms with Crippen LogP contribution in [0.2, 0.25) is 0 Å². The van der Waals surface area contributed by atoms with Crippen LogP contribution in [-0.2, 0) is 9.53 Å². The number of rotatable bonds is 4. The maximum Gasteiger partial charge on any atom is 0.363 e. The lowest BCUT2D eigenvalue weighted by atomic mass is 10.2. The molecule has 1 aliphatic rings. The second kappa shape index (κ2) is 6.10. The quantitative estimate of drug-likeness (QED) is 0.787. The molecule has 1 fully saturated rings. The van der Waals surface area contributed by atoms with E-state index in [-0.39, 0.29) is 5.97 Å². The van der Waals surface area contributed by atoms with E-state index in [0.29, 0.717) is 5.75 Å². The highest BCUT2D eigenvalue weighted by Crippen LogP contribution is 2.22. The first-order chi connectivity index (χ1) is 9.35. The van der Waals surface area contributed by atoms with E-state index < -0.39 is 11.8 Å². The molecule has 5 nitrogen and oxygen atoms in total. The topological polar surface area (TPSA) is 51.7 Å². The molecule has 0 amide bonds. The number of hydrogen-bond acceptors (Lipinski definition) is 5. The monoisotopic (exact) mass is 342 g/mol. The molecular formula is C14H19BrN2O3. The molecule has 2 heterocycles. The zero-order valence-electron chi connectivity index (χ0n) is 11.9. The molecule has 0 saturated carbocycles. The normalized spacial score (nSPS) is 17.2. The molecule has 0 bridgehead atoms. The molecule has 1 aromatic heterocycles. The molecule has 0 aromatic carbocycles. The van der Waals surface area contributed by atoms with Crippen molar-refractivity contribution < 1.29 is 14.3 Å². The molecule has 1 saturated heterocycles. The minimum atomic E-state index is -0.709. The van der Waals surface area contributed by atoms with Crippen molar-refractivity contribution in [2.75, 3.05) is 13.1 Å². The lowest BCUT2D eigenvalue weighted by Gasteiger charge is -2.37. The zero-order valence-corrected chi connectivity index (χ0v) is 13.5. The Bertz CT molecular complexity index is 484. The maximum atomic E-state index is 12.3. The predicted molar refractivity (Wildman–Crippen MR) is 78.4 cm³/mol. The Hall–Kier alpha value is -1.14. The fourth-order valence-corrected chi connectivity index (χ4v) is 2.13. The second-order valence-corrected chi connectivity index (χ2v) is 6.65. The molecule has 1 aliphatic heterocycles. The Kier molecular flexibility index (Phi) is 4.65. The largest absolute Gasteiger partial charge is 0.462 e. The van der Waals surface area contributed by atoms with E-state index in [0.717, 1.165) is 24.0 Å². The van der Waals surface area contributed by atoms with Gasteiger partial charge in [-0.3, -0.25) is 9.88 Å². The smallest absolute Gasteiger partial charge is 0.363 e. The van der Waals surface area contributed by atoms with E-state index in [1.807, 2.05) is 25.7 Å². The molecule has 2 rings (SSSR count). The minimum Gasteiger partial charge on any atom is -0.462 e. The van der Waals surface area contributed by atoms with Crippen LogP contribution in [0.15, 0.2) is 22.9 Å². The molecule has 20 heavy (non-hydrogen) atoms. The summed E-state index contributed by atoms with van der Waals surface area (Å²) in [7, 11) is 0. The number of pyridine rings is 1. The van der Waals surface area contributed by atoms with Crippen molar-refractivity contribution in [3.8, 4) is 5.75 Å². The zero-order chi connectivity index (χ0) is 14.8. The summed E-state index contributed by atoms with van der Waals surface area (Å²) in [6, 6.07) is 1.78. The number of carbonyl (C=O) groups excluding carboxylic acids is 1. The molecule has 6 heteroatoms. The van der Waals surface area contributed by atoms with E-state index in [1.54, 1.807) is 18.5 Å². The van der Waals surface area contributed by atoms with Crippen LogP contribution in [0.5, 0.6) is 5.75 Å². The van der Waals surface area contributed by atoms with Gasteiger partial charge < -0.3 is 9.47 Å². The molecule has 1 unspecified atom stereocenters. The Morgan fingerprint density at radius 2 is 2.10 bits per heavy atom. The van der Waals surface area contributed by atoms with Gasteiger partial charge >= 0.3 is 5.97 Å². The van der Waals surface area contributed by atoms with Gasteiger partial charge in [0.25, 0.3) is 6.23 Å². The Morgan fingerprint density at radius 1 is 1.40 bits per heavy atom. The van der Waals surface area contributed by atoms with Gasteiger partial charge in [-0.05, 0) is 49.2 Å². The number of halogens is 1. The Morgan fingerprint density at radius 3 is 2.60 bits per heavy atom. The highest BCUT2D eigenvalue weighted by Gasteiger charge is 2.35. The third-order valence-electron chi connectivity index (χ3n) is 2.76. The number of esters is 1. The van der Waals surface area contributed by atoms with Crippen molar-refractivity contribution in [1.29, 1.82) is 0 Å². The van der Waals surface area contributed by atoms with Crippen molar-refractivity contribution >= 4 is 21.9 Å². The molecule has 0 spiro atoms. The van der Waals surface area contributed by atoms with Crippen LogP contribution < -0.4 is 4.74 Å². The number of ether oxygens (including phenoxy) is 2. The van der Waals surface area contributed by atoms with Gasteiger partial charge in [-0.1, -0.05) is 0 Å². The van der Waals surface area contributed by atoms with Crippen LogP contribution in [-0.4, -0.2) is 40.8 Å². The lowest BCUT2D eigenvalue weighted by Crippen LogP contribution is -2.53. The van der Waals surface area contributed by atoms with Crippen molar-refractivity contribution in [1.82, 2.24) is 9.88 Å². The van der Waals surface area contributed by atoms with Crippen LogP contribution in [0.4, 0.5) is 0 Å². The summed E-state index contributed by atoms with van der Waals surface area (Å²) >= 11 is 3.33. The van der Waals surface area contributed by atoms with E-state index in [4.69, 9.17) is 9.47 Å². The first kappa shape index (κ1) is 15.3. The summed E-state index contributed by atoms with van der Waals surface area (Å²) < 4.78 is 12.0. The van der Waals surface area contributed by atoms with Gasteiger partial charge in [0.05, 0.1) is 6.20 Å². The van der Waals surface area contributed by atoms with Crippen LogP contribution >= 0.6 is 15.9 Å². The molecular weight excluding hydrogens is 324 g/mol. The molecule has 1 atom stereocenters. The molecule has 1 aromatic rings. The molecule has 0 aliphatic carbocycles. The minimum absolute atomic E-state index is 0.364. The summed E-state index contributed by atoms with van der Waals surface area (Å²) in [6.45, 7) is 7.22. The SMILES string of the molecule is CC(C)(C)OC(=O)C(Oc1cncc(Br)c1)N1CCC1. The first-order valence-electron chi connectivity index (χ1n) is 6.59. The predicted octanol–water partition coefficient (Wildman–Crippen LogP) is 2.60. The van der Waals surface area contributed by atoms with Crippen molar-refractivity contribution in [2.45, 2.75) is 39.0 Å². The fourth-order valence-electron chi connectivity index (χ4n) is 1.78. The van der Waals surface area contributed by atoms with E-state index in [9.17, 15) is 4.79 Å². The summed E-state index contributed by atoms with van der Waals surface area (Å²) in [5.41, 5.74) is -0.529. The number of hydrogen-bond donors (Lipinski definition) is 0. The highest BCUT2D eigenvalue weighted by molar-refractivity contribution is 9.10.